The van der Waals surface area contributed by atoms with E-state index in [9.17, 15) is 4.79 Å². The van der Waals surface area contributed by atoms with E-state index in [1.54, 1.807) is 31.0 Å². The van der Waals surface area contributed by atoms with Crippen molar-refractivity contribution in [3.63, 3.8) is 0 Å². The first-order valence-corrected chi connectivity index (χ1v) is 11.3. The van der Waals surface area contributed by atoms with Gasteiger partial charge in [0.2, 0.25) is 5.88 Å². The third kappa shape index (κ3) is 5.58. The Labute approximate surface area is 197 Å². The van der Waals surface area contributed by atoms with E-state index in [1.807, 2.05) is 58.0 Å². The Kier molecular flexibility index (Phi) is 7.41. The molecule has 170 valence electrons. The summed E-state index contributed by atoms with van der Waals surface area (Å²) in [6.45, 7) is 7.96. The number of esters is 1. The van der Waals surface area contributed by atoms with Gasteiger partial charge in [-0.3, -0.25) is 4.79 Å². The van der Waals surface area contributed by atoms with Crippen LogP contribution in [0.1, 0.15) is 32.0 Å². The summed E-state index contributed by atoms with van der Waals surface area (Å²) >= 11 is 7.51. The van der Waals surface area contributed by atoms with E-state index in [-0.39, 0.29) is 17.9 Å². The molecule has 0 radical (unpaired) electrons. The van der Waals surface area contributed by atoms with Gasteiger partial charge in [0, 0.05) is 9.92 Å². The first-order valence-electron chi connectivity index (χ1n) is 10.1. The molecular weight excluding hydrogens is 448 g/mol. The third-order valence-corrected chi connectivity index (χ3v) is 6.08. The fraction of sp³-hybridized carbons (Fsp3) is 0.333. The average Bonchev–Trinajstić information content (AvgIpc) is 3.05. The van der Waals surface area contributed by atoms with E-state index < -0.39 is 0 Å². The lowest BCUT2D eigenvalue weighted by atomic mass is 10.1. The number of aryl methyl sites for hydroxylation is 1. The summed E-state index contributed by atoms with van der Waals surface area (Å²) in [5.74, 6) is 1.21. The molecule has 0 saturated carbocycles. The number of methoxy groups -OCH3 is 2. The molecule has 0 aliphatic carbocycles. The molecular formula is C24H27ClN2O4S. The number of benzene rings is 2. The number of nitrogens with zero attached hydrogens (tertiary/aromatic N) is 2. The molecule has 2 aromatic carbocycles. The van der Waals surface area contributed by atoms with Gasteiger partial charge in [0.15, 0.2) is 11.5 Å². The van der Waals surface area contributed by atoms with E-state index >= 15 is 0 Å². The predicted molar refractivity (Wildman–Crippen MR) is 126 cm³/mol. The first kappa shape index (κ1) is 24.0. The lowest BCUT2D eigenvalue weighted by Crippen LogP contribution is -2.26. The van der Waals surface area contributed by atoms with Crippen LogP contribution in [0.4, 0.5) is 0 Å². The van der Waals surface area contributed by atoms with E-state index in [0.717, 1.165) is 21.0 Å². The second-order valence-corrected chi connectivity index (χ2v) is 9.72. The van der Waals surface area contributed by atoms with Crippen molar-refractivity contribution in [1.82, 2.24) is 9.78 Å². The first-order chi connectivity index (χ1) is 15.1. The molecule has 1 heterocycles. The Morgan fingerprint density at radius 1 is 1.06 bits per heavy atom. The molecule has 8 heteroatoms. The van der Waals surface area contributed by atoms with Crippen LogP contribution in [-0.4, -0.2) is 30.0 Å². The largest absolute Gasteiger partial charge is 0.493 e. The van der Waals surface area contributed by atoms with Crippen LogP contribution in [0.15, 0.2) is 52.3 Å². The molecule has 3 rings (SSSR count). The van der Waals surface area contributed by atoms with Crippen molar-refractivity contribution >= 4 is 29.3 Å². The SMILES string of the molecule is COc1ccc(CC(=O)Oc2c(Sc3ccc(Cl)cc3)c(C)nn2C(C)(C)C)cc1OC. The second-order valence-electron chi connectivity index (χ2n) is 8.20. The zero-order chi connectivity index (χ0) is 23.5. The summed E-state index contributed by atoms with van der Waals surface area (Å²) in [4.78, 5) is 14.7. The number of ether oxygens (including phenoxy) is 3. The number of hydrogen-bond donors (Lipinski definition) is 0. The maximum atomic E-state index is 12.9. The number of halogens is 1. The lowest BCUT2D eigenvalue weighted by molar-refractivity contribution is -0.134. The van der Waals surface area contributed by atoms with Gasteiger partial charge < -0.3 is 14.2 Å². The van der Waals surface area contributed by atoms with Gasteiger partial charge in [-0.1, -0.05) is 29.4 Å². The molecule has 3 aromatic rings. The highest BCUT2D eigenvalue weighted by atomic mass is 35.5. The summed E-state index contributed by atoms with van der Waals surface area (Å²) in [6, 6.07) is 12.9. The molecule has 0 bridgehead atoms. The molecule has 0 aliphatic heterocycles. The number of rotatable bonds is 7. The van der Waals surface area contributed by atoms with Gasteiger partial charge in [0.05, 0.1) is 36.8 Å². The average molecular weight is 475 g/mol. The van der Waals surface area contributed by atoms with E-state index in [0.29, 0.717) is 22.4 Å². The minimum absolute atomic E-state index is 0.0831. The topological polar surface area (TPSA) is 62.6 Å². The highest BCUT2D eigenvalue weighted by molar-refractivity contribution is 7.99. The van der Waals surface area contributed by atoms with Gasteiger partial charge in [-0.15, -0.1) is 0 Å². The van der Waals surface area contributed by atoms with E-state index in [1.165, 1.54) is 11.8 Å². The maximum Gasteiger partial charge on any atom is 0.317 e. The van der Waals surface area contributed by atoms with Gasteiger partial charge in [0.25, 0.3) is 0 Å². The van der Waals surface area contributed by atoms with Crippen LogP contribution in [0, 0.1) is 6.92 Å². The van der Waals surface area contributed by atoms with Gasteiger partial charge >= 0.3 is 5.97 Å². The maximum absolute atomic E-state index is 12.9. The Bertz CT molecular complexity index is 1100. The highest BCUT2D eigenvalue weighted by Gasteiger charge is 2.27. The molecule has 6 nitrogen and oxygen atoms in total. The Morgan fingerprint density at radius 3 is 2.31 bits per heavy atom. The van der Waals surface area contributed by atoms with Crippen molar-refractivity contribution in [3.05, 3.63) is 58.7 Å². The van der Waals surface area contributed by atoms with Crippen molar-refractivity contribution in [2.45, 2.75) is 49.4 Å². The zero-order valence-electron chi connectivity index (χ0n) is 19.1. The predicted octanol–water partition coefficient (Wildman–Crippen LogP) is 5.92. The Morgan fingerprint density at radius 2 is 1.72 bits per heavy atom. The van der Waals surface area contributed by atoms with Crippen LogP contribution < -0.4 is 14.2 Å². The zero-order valence-corrected chi connectivity index (χ0v) is 20.6. The van der Waals surface area contributed by atoms with Crippen LogP contribution in [-0.2, 0) is 16.8 Å². The fourth-order valence-electron chi connectivity index (χ4n) is 3.08. The molecule has 0 atom stereocenters. The van der Waals surface area contributed by atoms with Crippen LogP contribution in [0.25, 0.3) is 0 Å². The van der Waals surface area contributed by atoms with Crippen LogP contribution in [0.2, 0.25) is 5.02 Å². The summed E-state index contributed by atoms with van der Waals surface area (Å²) in [6.07, 6.45) is 0.0831. The smallest absolute Gasteiger partial charge is 0.317 e. The molecule has 0 spiro atoms. The minimum atomic E-state index is -0.388. The summed E-state index contributed by atoms with van der Waals surface area (Å²) < 4.78 is 18.3. The summed E-state index contributed by atoms with van der Waals surface area (Å²) in [5, 5.41) is 5.33. The standard InChI is InChI=1S/C24H27ClN2O4S/c1-15-22(32-18-10-8-17(25)9-11-18)23(27(26-15)24(2,3)4)31-21(28)14-16-7-12-19(29-5)20(13-16)30-6/h7-13H,14H2,1-6H3. The van der Waals surface area contributed by atoms with Gasteiger partial charge in [-0.25, -0.2) is 4.68 Å². The quantitative estimate of drug-likeness (QED) is 0.396. The molecule has 0 N–H and O–H groups in total. The molecule has 0 aliphatic rings. The molecule has 32 heavy (non-hydrogen) atoms. The molecule has 0 saturated heterocycles. The fourth-order valence-corrected chi connectivity index (χ4v) is 4.11. The van der Waals surface area contributed by atoms with Crippen LogP contribution in [0.5, 0.6) is 17.4 Å². The number of carbonyl (C=O) groups excluding carboxylic acids is 1. The number of carbonyl (C=O) groups is 1. The van der Waals surface area contributed by atoms with Crippen LogP contribution in [0.3, 0.4) is 0 Å². The Balaban J connectivity index is 1.90. The van der Waals surface area contributed by atoms with Crippen molar-refractivity contribution < 1.29 is 19.0 Å². The van der Waals surface area contributed by atoms with Crippen LogP contribution >= 0.6 is 23.4 Å². The molecule has 0 amide bonds. The Hall–Kier alpha value is -2.64. The summed E-state index contributed by atoms with van der Waals surface area (Å²) in [7, 11) is 3.13. The monoisotopic (exact) mass is 474 g/mol. The van der Waals surface area contributed by atoms with Crippen molar-refractivity contribution in [2.75, 3.05) is 14.2 Å². The normalized spacial score (nSPS) is 11.3. The summed E-state index contributed by atoms with van der Waals surface area (Å²) in [5.41, 5.74) is 1.18. The van der Waals surface area contributed by atoms with Crippen molar-refractivity contribution in [1.29, 1.82) is 0 Å². The van der Waals surface area contributed by atoms with Gasteiger partial charge in [0.1, 0.15) is 0 Å². The highest BCUT2D eigenvalue weighted by Crippen LogP contribution is 2.40. The molecule has 0 unspecified atom stereocenters. The van der Waals surface area contributed by atoms with E-state index in [4.69, 9.17) is 25.8 Å². The third-order valence-electron chi connectivity index (χ3n) is 4.64. The van der Waals surface area contributed by atoms with Crippen molar-refractivity contribution in [3.8, 4) is 17.4 Å². The number of hydrogen-bond acceptors (Lipinski definition) is 6. The van der Waals surface area contributed by atoms with Crippen molar-refractivity contribution in [2.24, 2.45) is 0 Å². The van der Waals surface area contributed by atoms with Gasteiger partial charge in [-0.2, -0.15) is 5.10 Å². The molecule has 0 fully saturated rings. The van der Waals surface area contributed by atoms with E-state index in [2.05, 4.69) is 5.10 Å². The van der Waals surface area contributed by atoms with Gasteiger partial charge in [-0.05, 0) is 69.7 Å². The molecule has 1 aromatic heterocycles. The second kappa shape index (κ2) is 9.88. The number of aromatic nitrogens is 2. The minimum Gasteiger partial charge on any atom is -0.493 e. The lowest BCUT2D eigenvalue weighted by Gasteiger charge is -2.22.